The molecule has 3 rings (SSSR count). The zero-order valence-electron chi connectivity index (χ0n) is 17.4. The first-order chi connectivity index (χ1) is 14.7. The van der Waals surface area contributed by atoms with Crippen molar-refractivity contribution in [3.05, 3.63) is 54.1 Å². The predicted octanol–water partition coefficient (Wildman–Crippen LogP) is 2.29. The highest BCUT2D eigenvalue weighted by Gasteiger charge is 2.27. The van der Waals surface area contributed by atoms with E-state index in [2.05, 4.69) is 5.32 Å². The standard InChI is InChI=1S/C22H27N3O5S/c1-16-7-8-18(15-20(16)31(23,28)29)24-22(27)17-9-12-25(13-10-17)21(26)11-14-30-19-5-3-2-4-6-19/h2-8,15,17H,9-14H2,1H3,(H,24,27)(H2,23,28,29). The summed E-state index contributed by atoms with van der Waals surface area (Å²) in [6.07, 6.45) is 1.38. The molecule has 1 heterocycles. The third kappa shape index (κ3) is 6.28. The number of hydrogen-bond acceptors (Lipinski definition) is 5. The Labute approximate surface area is 182 Å². The van der Waals surface area contributed by atoms with Crippen LogP contribution in [0.4, 0.5) is 5.69 Å². The van der Waals surface area contributed by atoms with Crippen molar-refractivity contribution in [3.8, 4) is 5.75 Å². The van der Waals surface area contributed by atoms with E-state index < -0.39 is 10.0 Å². The summed E-state index contributed by atoms with van der Waals surface area (Å²) >= 11 is 0. The van der Waals surface area contributed by atoms with E-state index >= 15 is 0 Å². The average molecular weight is 446 g/mol. The number of primary sulfonamides is 1. The van der Waals surface area contributed by atoms with Gasteiger partial charge >= 0.3 is 0 Å². The van der Waals surface area contributed by atoms with Gasteiger partial charge in [0.1, 0.15) is 5.75 Å². The summed E-state index contributed by atoms with van der Waals surface area (Å²) in [6.45, 7) is 2.95. The van der Waals surface area contributed by atoms with E-state index in [-0.39, 0.29) is 29.0 Å². The highest BCUT2D eigenvalue weighted by Crippen LogP contribution is 2.23. The van der Waals surface area contributed by atoms with Crippen LogP contribution in [0.15, 0.2) is 53.4 Å². The Hall–Kier alpha value is -2.91. The zero-order valence-corrected chi connectivity index (χ0v) is 18.2. The number of piperidine rings is 1. The van der Waals surface area contributed by atoms with Crippen molar-refractivity contribution in [3.63, 3.8) is 0 Å². The van der Waals surface area contributed by atoms with Crippen molar-refractivity contribution in [1.82, 2.24) is 4.90 Å². The van der Waals surface area contributed by atoms with Gasteiger partial charge in [-0.15, -0.1) is 0 Å². The molecule has 1 fully saturated rings. The number of likely N-dealkylation sites (tertiary alicyclic amines) is 1. The monoisotopic (exact) mass is 445 g/mol. The van der Waals surface area contributed by atoms with Crippen LogP contribution in [0, 0.1) is 12.8 Å². The topological polar surface area (TPSA) is 119 Å². The maximum atomic E-state index is 12.6. The molecule has 0 atom stereocenters. The predicted molar refractivity (Wildman–Crippen MR) is 117 cm³/mol. The van der Waals surface area contributed by atoms with Gasteiger partial charge in [-0.2, -0.15) is 0 Å². The second kappa shape index (κ2) is 9.93. The van der Waals surface area contributed by atoms with Gasteiger partial charge in [0.2, 0.25) is 21.8 Å². The first-order valence-electron chi connectivity index (χ1n) is 10.1. The molecule has 0 aliphatic carbocycles. The van der Waals surface area contributed by atoms with Crippen molar-refractivity contribution in [2.45, 2.75) is 31.1 Å². The molecule has 2 aromatic rings. The minimum Gasteiger partial charge on any atom is -0.493 e. The fourth-order valence-electron chi connectivity index (χ4n) is 3.55. The molecule has 2 aromatic carbocycles. The quantitative estimate of drug-likeness (QED) is 0.678. The zero-order chi connectivity index (χ0) is 22.4. The van der Waals surface area contributed by atoms with Gasteiger partial charge in [0, 0.05) is 24.7 Å². The number of rotatable bonds is 7. The van der Waals surface area contributed by atoms with E-state index in [9.17, 15) is 18.0 Å². The van der Waals surface area contributed by atoms with Crippen LogP contribution in [0.1, 0.15) is 24.8 Å². The molecule has 1 aliphatic rings. The maximum absolute atomic E-state index is 12.6. The van der Waals surface area contributed by atoms with Gasteiger partial charge in [0.15, 0.2) is 0 Å². The van der Waals surface area contributed by atoms with Gasteiger partial charge in [0.05, 0.1) is 17.9 Å². The smallest absolute Gasteiger partial charge is 0.238 e. The maximum Gasteiger partial charge on any atom is 0.238 e. The van der Waals surface area contributed by atoms with E-state index in [0.29, 0.717) is 43.8 Å². The number of hydrogen-bond donors (Lipinski definition) is 2. The number of carbonyl (C=O) groups excluding carboxylic acids is 2. The molecule has 31 heavy (non-hydrogen) atoms. The summed E-state index contributed by atoms with van der Waals surface area (Å²) in [7, 11) is -3.86. The lowest BCUT2D eigenvalue weighted by Crippen LogP contribution is -2.41. The third-order valence-corrected chi connectivity index (χ3v) is 6.36. The van der Waals surface area contributed by atoms with E-state index in [4.69, 9.17) is 9.88 Å². The van der Waals surface area contributed by atoms with Gasteiger partial charge < -0.3 is 15.0 Å². The first kappa shape index (κ1) is 22.8. The highest BCUT2D eigenvalue weighted by atomic mass is 32.2. The number of nitrogens with two attached hydrogens (primary N) is 1. The second-order valence-corrected chi connectivity index (χ2v) is 9.11. The Kier molecular flexibility index (Phi) is 7.29. The molecular weight excluding hydrogens is 418 g/mol. The number of nitrogens with zero attached hydrogens (tertiary/aromatic N) is 1. The SMILES string of the molecule is Cc1ccc(NC(=O)C2CCN(C(=O)CCOc3ccccc3)CC2)cc1S(N)(=O)=O. The van der Waals surface area contributed by atoms with Crippen LogP contribution in [0.25, 0.3) is 0 Å². The van der Waals surface area contributed by atoms with Crippen LogP contribution in [-0.4, -0.2) is 44.8 Å². The number of carbonyl (C=O) groups is 2. The Morgan fingerprint density at radius 1 is 1.13 bits per heavy atom. The molecule has 0 aromatic heterocycles. The van der Waals surface area contributed by atoms with Crippen LogP contribution in [0.2, 0.25) is 0 Å². The minimum atomic E-state index is -3.86. The molecule has 9 heteroatoms. The molecule has 1 aliphatic heterocycles. The minimum absolute atomic E-state index is 0.00566. The summed E-state index contributed by atoms with van der Waals surface area (Å²) in [5.74, 6) is 0.297. The van der Waals surface area contributed by atoms with Crippen LogP contribution in [0.5, 0.6) is 5.75 Å². The number of ether oxygens (including phenoxy) is 1. The van der Waals surface area contributed by atoms with E-state index in [1.54, 1.807) is 24.0 Å². The Morgan fingerprint density at radius 3 is 2.45 bits per heavy atom. The number of para-hydroxylation sites is 1. The normalized spacial score (nSPS) is 14.8. The molecule has 0 radical (unpaired) electrons. The molecule has 0 bridgehead atoms. The summed E-state index contributed by atoms with van der Waals surface area (Å²) in [6, 6.07) is 14.0. The van der Waals surface area contributed by atoms with Crippen LogP contribution >= 0.6 is 0 Å². The Balaban J connectivity index is 1.47. The lowest BCUT2D eigenvalue weighted by Gasteiger charge is -2.31. The number of amides is 2. The number of aryl methyl sites for hydroxylation is 1. The summed E-state index contributed by atoms with van der Waals surface area (Å²) < 4.78 is 28.9. The largest absolute Gasteiger partial charge is 0.493 e. The van der Waals surface area contributed by atoms with Crippen LogP contribution < -0.4 is 15.2 Å². The van der Waals surface area contributed by atoms with Crippen molar-refractivity contribution >= 4 is 27.5 Å². The third-order valence-electron chi connectivity index (χ3n) is 5.31. The molecule has 3 N–H and O–H groups in total. The Morgan fingerprint density at radius 2 is 1.81 bits per heavy atom. The van der Waals surface area contributed by atoms with Gasteiger partial charge in [-0.1, -0.05) is 24.3 Å². The number of nitrogens with one attached hydrogen (secondary N) is 1. The van der Waals surface area contributed by atoms with Crippen molar-refractivity contribution in [1.29, 1.82) is 0 Å². The molecule has 2 amide bonds. The molecule has 0 spiro atoms. The molecule has 1 saturated heterocycles. The number of sulfonamides is 1. The summed E-state index contributed by atoms with van der Waals surface area (Å²) in [5.41, 5.74) is 0.903. The van der Waals surface area contributed by atoms with E-state index in [1.165, 1.54) is 6.07 Å². The van der Waals surface area contributed by atoms with Crippen LogP contribution in [0.3, 0.4) is 0 Å². The van der Waals surface area contributed by atoms with E-state index in [1.807, 2.05) is 30.3 Å². The lowest BCUT2D eigenvalue weighted by atomic mass is 9.95. The van der Waals surface area contributed by atoms with E-state index in [0.717, 1.165) is 5.75 Å². The van der Waals surface area contributed by atoms with Gasteiger partial charge in [-0.05, 0) is 49.6 Å². The molecule has 166 valence electrons. The molecular formula is C22H27N3O5S. The first-order valence-corrected chi connectivity index (χ1v) is 11.7. The molecule has 8 nitrogen and oxygen atoms in total. The lowest BCUT2D eigenvalue weighted by molar-refractivity contribution is -0.135. The summed E-state index contributed by atoms with van der Waals surface area (Å²) in [5, 5.41) is 7.99. The summed E-state index contributed by atoms with van der Waals surface area (Å²) in [4.78, 5) is 26.7. The van der Waals surface area contributed by atoms with Gasteiger partial charge in [-0.25, -0.2) is 13.6 Å². The number of anilines is 1. The second-order valence-electron chi connectivity index (χ2n) is 7.58. The van der Waals surface area contributed by atoms with Crippen molar-refractivity contribution in [2.75, 3.05) is 25.0 Å². The Bertz CT molecular complexity index is 1030. The fraction of sp³-hybridized carbons (Fsp3) is 0.364. The molecule has 0 saturated carbocycles. The average Bonchev–Trinajstić information content (AvgIpc) is 2.75. The highest BCUT2D eigenvalue weighted by molar-refractivity contribution is 7.89. The van der Waals surface area contributed by atoms with Crippen molar-refractivity contribution < 1.29 is 22.7 Å². The number of benzene rings is 2. The van der Waals surface area contributed by atoms with Gasteiger partial charge in [-0.3, -0.25) is 9.59 Å². The van der Waals surface area contributed by atoms with Crippen molar-refractivity contribution in [2.24, 2.45) is 11.1 Å². The fourth-order valence-corrected chi connectivity index (χ4v) is 4.36. The van der Waals surface area contributed by atoms with Crippen LogP contribution in [-0.2, 0) is 19.6 Å². The van der Waals surface area contributed by atoms with Gasteiger partial charge in [0.25, 0.3) is 0 Å². The molecule has 0 unspecified atom stereocenters.